The molecule has 0 atom stereocenters. The lowest BCUT2D eigenvalue weighted by molar-refractivity contribution is -0.384. The van der Waals surface area contributed by atoms with Crippen molar-refractivity contribution in [3.8, 4) is 5.75 Å². The molecule has 4 rings (SSSR count). The first kappa shape index (κ1) is 29.8. The Bertz CT molecular complexity index is 1680. The van der Waals surface area contributed by atoms with Crippen LogP contribution < -0.4 is 15.5 Å². The Morgan fingerprint density at radius 1 is 0.805 bits per heavy atom. The highest BCUT2D eigenvalue weighted by Crippen LogP contribution is 2.33. The molecule has 0 saturated carbocycles. The van der Waals surface area contributed by atoms with Crippen molar-refractivity contribution in [3.05, 3.63) is 131 Å². The summed E-state index contributed by atoms with van der Waals surface area (Å²) < 4.78 is 7.44. The molecule has 4 aromatic rings. The Morgan fingerprint density at radius 3 is 2.17 bits per heavy atom. The number of hydrazone groups is 1. The first-order valence-electron chi connectivity index (χ1n) is 11.6. The summed E-state index contributed by atoms with van der Waals surface area (Å²) in [6.07, 6.45) is 1.30. The van der Waals surface area contributed by atoms with Gasteiger partial charge in [0, 0.05) is 43.5 Å². The maximum Gasteiger partial charge on any atom is 0.343 e. The van der Waals surface area contributed by atoms with E-state index in [1.165, 1.54) is 36.5 Å². The van der Waals surface area contributed by atoms with Crippen molar-refractivity contribution in [1.29, 1.82) is 0 Å². The minimum Gasteiger partial charge on any atom is -0.421 e. The summed E-state index contributed by atoms with van der Waals surface area (Å²) in [6.45, 7) is 0. The van der Waals surface area contributed by atoms with Crippen molar-refractivity contribution in [3.63, 3.8) is 0 Å². The van der Waals surface area contributed by atoms with Crippen LogP contribution in [0.1, 0.15) is 36.6 Å². The van der Waals surface area contributed by atoms with Crippen LogP contribution in [0.15, 0.2) is 103 Å². The van der Waals surface area contributed by atoms with E-state index in [0.717, 1.165) is 4.47 Å². The van der Waals surface area contributed by atoms with E-state index in [4.69, 9.17) is 4.74 Å². The molecule has 0 aliphatic heterocycles. The molecular weight excluding hydrogens is 728 g/mol. The normalized spacial score (nSPS) is 10.7. The number of carbonyl (C=O) groups is 3. The zero-order valence-corrected chi connectivity index (χ0v) is 25.4. The third kappa shape index (κ3) is 7.93. The number of nitrogens with zero attached hydrogens (tertiary/aromatic N) is 2. The second-order valence-corrected chi connectivity index (χ2v) is 10.9. The molecule has 206 valence electrons. The second-order valence-electron chi connectivity index (χ2n) is 8.24. The van der Waals surface area contributed by atoms with Crippen LogP contribution >= 0.6 is 47.8 Å². The standard InChI is InChI=1S/C28H17Br3N4O6/c29-20-8-4-16(5-9-20)26(36)33-22-3-1-2-18(13-22)27(37)34-32-15-19-12-21(30)14-24(31)25(19)41-28(38)17-6-10-23(11-7-17)35(39)40/h1-15H,(H,33,36)(H,34,37). The number of halogens is 3. The van der Waals surface area contributed by atoms with E-state index >= 15 is 0 Å². The van der Waals surface area contributed by atoms with Crippen LogP contribution in [-0.4, -0.2) is 28.9 Å². The number of nitro groups is 1. The van der Waals surface area contributed by atoms with Crippen LogP contribution in [0.3, 0.4) is 0 Å². The predicted molar refractivity (Wildman–Crippen MR) is 163 cm³/mol. The fourth-order valence-corrected chi connectivity index (χ4v) is 5.03. The molecule has 0 radical (unpaired) electrons. The van der Waals surface area contributed by atoms with Gasteiger partial charge in [0.15, 0.2) is 5.75 Å². The average molecular weight is 745 g/mol. The molecule has 2 amide bonds. The van der Waals surface area contributed by atoms with Crippen molar-refractivity contribution < 1.29 is 24.0 Å². The van der Waals surface area contributed by atoms with Crippen LogP contribution in [0.4, 0.5) is 11.4 Å². The van der Waals surface area contributed by atoms with Gasteiger partial charge in [-0.05, 0) is 82.7 Å². The largest absolute Gasteiger partial charge is 0.421 e. The Labute approximate surface area is 258 Å². The molecule has 0 fully saturated rings. The molecule has 0 aliphatic carbocycles. The topological polar surface area (TPSA) is 140 Å². The van der Waals surface area contributed by atoms with Gasteiger partial charge in [-0.25, -0.2) is 10.2 Å². The van der Waals surface area contributed by atoms with Gasteiger partial charge >= 0.3 is 5.97 Å². The maximum atomic E-state index is 12.7. The van der Waals surface area contributed by atoms with Crippen LogP contribution in [0, 0.1) is 10.1 Å². The molecule has 0 unspecified atom stereocenters. The zero-order chi connectivity index (χ0) is 29.5. The summed E-state index contributed by atoms with van der Waals surface area (Å²) in [5.74, 6) is -1.50. The highest BCUT2D eigenvalue weighted by molar-refractivity contribution is 9.11. The van der Waals surface area contributed by atoms with Crippen molar-refractivity contribution in [2.45, 2.75) is 0 Å². The van der Waals surface area contributed by atoms with Crippen LogP contribution in [0.2, 0.25) is 0 Å². The molecule has 0 saturated heterocycles. The molecule has 0 spiro atoms. The molecule has 41 heavy (non-hydrogen) atoms. The predicted octanol–water partition coefficient (Wildman–Crippen LogP) is 7.12. The van der Waals surface area contributed by atoms with Gasteiger partial charge < -0.3 is 10.1 Å². The quantitative estimate of drug-likeness (QED) is 0.0648. The number of ether oxygens (including phenoxy) is 1. The van der Waals surface area contributed by atoms with E-state index in [1.54, 1.807) is 54.6 Å². The summed E-state index contributed by atoms with van der Waals surface area (Å²) in [6, 6.07) is 21.4. The monoisotopic (exact) mass is 742 g/mol. The number of nitro benzene ring substituents is 1. The molecule has 2 N–H and O–H groups in total. The summed E-state index contributed by atoms with van der Waals surface area (Å²) in [4.78, 5) is 48.2. The van der Waals surface area contributed by atoms with E-state index < -0.39 is 16.8 Å². The van der Waals surface area contributed by atoms with E-state index in [1.807, 2.05) is 0 Å². The minimum atomic E-state index is -0.747. The Hall–Kier alpha value is -4.20. The second kappa shape index (κ2) is 13.4. The lowest BCUT2D eigenvalue weighted by Gasteiger charge is -2.11. The van der Waals surface area contributed by atoms with Gasteiger partial charge in [-0.1, -0.05) is 37.9 Å². The van der Waals surface area contributed by atoms with E-state index in [9.17, 15) is 24.5 Å². The molecule has 0 aromatic heterocycles. The number of esters is 1. The van der Waals surface area contributed by atoms with Crippen LogP contribution in [0.25, 0.3) is 0 Å². The SMILES string of the molecule is O=C(NN=Cc1cc(Br)cc(Br)c1OC(=O)c1ccc([N+](=O)[O-])cc1)c1cccc(NC(=O)c2ccc(Br)cc2)c1. The van der Waals surface area contributed by atoms with Gasteiger partial charge in [0.1, 0.15) is 0 Å². The van der Waals surface area contributed by atoms with Gasteiger partial charge in [0.2, 0.25) is 0 Å². The zero-order valence-electron chi connectivity index (χ0n) is 20.6. The van der Waals surface area contributed by atoms with Gasteiger partial charge in [-0.2, -0.15) is 5.10 Å². The van der Waals surface area contributed by atoms with Crippen molar-refractivity contribution in [2.24, 2.45) is 5.10 Å². The number of nitrogens with one attached hydrogen (secondary N) is 2. The van der Waals surface area contributed by atoms with E-state index in [2.05, 4.69) is 63.6 Å². The summed E-state index contributed by atoms with van der Waals surface area (Å²) in [7, 11) is 0. The molecule has 0 heterocycles. The number of anilines is 1. The van der Waals surface area contributed by atoms with Crippen molar-refractivity contribution in [2.75, 3.05) is 5.32 Å². The minimum absolute atomic E-state index is 0.105. The summed E-state index contributed by atoms with van der Waals surface area (Å²) >= 11 is 10.0. The molecule has 0 bridgehead atoms. The molecular formula is C28H17Br3N4O6. The molecule has 0 aliphatic rings. The number of hydrogen-bond donors (Lipinski definition) is 2. The van der Waals surface area contributed by atoms with Gasteiger partial charge in [-0.3, -0.25) is 19.7 Å². The number of rotatable bonds is 8. The molecule has 10 nitrogen and oxygen atoms in total. The number of carbonyl (C=O) groups excluding carboxylic acids is 3. The molecule has 4 aromatic carbocycles. The Kier molecular flexibility index (Phi) is 9.76. The smallest absolute Gasteiger partial charge is 0.343 e. The fraction of sp³-hybridized carbons (Fsp3) is 0. The van der Waals surface area contributed by atoms with Crippen LogP contribution in [-0.2, 0) is 0 Å². The van der Waals surface area contributed by atoms with E-state index in [-0.39, 0.29) is 28.5 Å². The third-order valence-electron chi connectivity index (χ3n) is 5.40. The maximum absolute atomic E-state index is 12.7. The first-order chi connectivity index (χ1) is 19.6. The lowest BCUT2D eigenvalue weighted by atomic mass is 10.1. The third-order valence-corrected chi connectivity index (χ3v) is 6.98. The Balaban J connectivity index is 1.45. The summed E-state index contributed by atoms with van der Waals surface area (Å²) in [5.41, 5.74) is 3.83. The highest BCUT2D eigenvalue weighted by Gasteiger charge is 2.17. The van der Waals surface area contributed by atoms with Gasteiger partial charge in [0.05, 0.1) is 21.2 Å². The number of benzene rings is 4. The number of hydrogen-bond acceptors (Lipinski definition) is 7. The highest BCUT2D eigenvalue weighted by atomic mass is 79.9. The number of non-ortho nitro benzene ring substituents is 1. The van der Waals surface area contributed by atoms with Crippen molar-refractivity contribution in [1.82, 2.24) is 5.43 Å². The van der Waals surface area contributed by atoms with Crippen LogP contribution in [0.5, 0.6) is 5.75 Å². The van der Waals surface area contributed by atoms with E-state index in [0.29, 0.717) is 25.8 Å². The lowest BCUT2D eigenvalue weighted by Crippen LogP contribution is -2.18. The average Bonchev–Trinajstić information content (AvgIpc) is 2.95. The summed E-state index contributed by atoms with van der Waals surface area (Å²) in [5, 5.41) is 17.6. The first-order valence-corrected chi connectivity index (χ1v) is 13.9. The van der Waals surface area contributed by atoms with Crippen molar-refractivity contribution >= 4 is 83.2 Å². The number of amides is 2. The van der Waals surface area contributed by atoms with Gasteiger partial charge in [0.25, 0.3) is 17.5 Å². The Morgan fingerprint density at radius 2 is 1.49 bits per heavy atom. The fourth-order valence-electron chi connectivity index (χ4n) is 3.42. The van der Waals surface area contributed by atoms with Gasteiger partial charge in [-0.15, -0.1) is 0 Å². The molecule has 13 heteroatoms.